The van der Waals surface area contributed by atoms with Crippen LogP contribution >= 0.6 is 11.6 Å². The summed E-state index contributed by atoms with van der Waals surface area (Å²) in [6.07, 6.45) is 0. The number of hydrogen-bond acceptors (Lipinski definition) is 2. The van der Waals surface area contributed by atoms with Crippen LogP contribution < -0.4 is 5.32 Å². The summed E-state index contributed by atoms with van der Waals surface area (Å²) in [5, 5.41) is 4.14. The maximum absolute atomic E-state index is 5.91. The summed E-state index contributed by atoms with van der Waals surface area (Å²) in [5.74, 6) is 0. The first-order valence-corrected chi connectivity index (χ1v) is 5.87. The molecule has 90 valence electrons. The molecule has 0 amide bonds. The number of nitrogens with zero attached hydrogens (tertiary/aromatic N) is 1. The van der Waals surface area contributed by atoms with Crippen molar-refractivity contribution < 1.29 is 0 Å². The van der Waals surface area contributed by atoms with Gasteiger partial charge in [0.05, 0.1) is 6.04 Å². The zero-order valence-electron chi connectivity index (χ0n) is 10.7. The average molecular weight is 241 g/mol. The molecule has 1 rings (SSSR count). The summed E-state index contributed by atoms with van der Waals surface area (Å²) < 4.78 is 0. The topological polar surface area (TPSA) is 15.3 Å². The van der Waals surface area contributed by atoms with E-state index in [1.54, 1.807) is 0 Å². The monoisotopic (exact) mass is 240 g/mol. The van der Waals surface area contributed by atoms with Crippen LogP contribution in [-0.4, -0.2) is 31.6 Å². The summed E-state index contributed by atoms with van der Waals surface area (Å²) >= 11 is 5.91. The van der Waals surface area contributed by atoms with E-state index in [1.165, 1.54) is 5.56 Å². The molecule has 0 saturated carbocycles. The zero-order chi connectivity index (χ0) is 12.3. The highest BCUT2D eigenvalue weighted by molar-refractivity contribution is 6.30. The van der Waals surface area contributed by atoms with Crippen molar-refractivity contribution >= 4 is 11.6 Å². The van der Waals surface area contributed by atoms with E-state index in [4.69, 9.17) is 11.6 Å². The van der Waals surface area contributed by atoms with Gasteiger partial charge in [-0.2, -0.15) is 0 Å². The van der Waals surface area contributed by atoms with Crippen LogP contribution in [0.4, 0.5) is 0 Å². The molecule has 0 fully saturated rings. The molecule has 0 heterocycles. The average Bonchev–Trinajstić information content (AvgIpc) is 2.20. The number of benzene rings is 1. The molecule has 0 aromatic heterocycles. The first-order chi connectivity index (χ1) is 7.38. The molecule has 0 bridgehead atoms. The first-order valence-electron chi connectivity index (χ1n) is 5.49. The van der Waals surface area contributed by atoms with Gasteiger partial charge in [0.25, 0.3) is 0 Å². The van der Waals surface area contributed by atoms with Crippen molar-refractivity contribution in [1.82, 2.24) is 10.2 Å². The van der Waals surface area contributed by atoms with Gasteiger partial charge in [0.15, 0.2) is 0 Å². The molecule has 0 spiro atoms. The molecule has 1 atom stereocenters. The number of hydrogen-bond donors (Lipinski definition) is 1. The second-order valence-corrected chi connectivity index (χ2v) is 5.33. The van der Waals surface area contributed by atoms with Crippen molar-refractivity contribution in [3.8, 4) is 0 Å². The van der Waals surface area contributed by atoms with Crippen LogP contribution in [-0.2, 0) is 0 Å². The van der Waals surface area contributed by atoms with Gasteiger partial charge in [-0.25, -0.2) is 0 Å². The Morgan fingerprint density at radius 1 is 1.19 bits per heavy atom. The van der Waals surface area contributed by atoms with E-state index in [0.29, 0.717) is 6.04 Å². The molecular weight excluding hydrogens is 220 g/mol. The predicted octanol–water partition coefficient (Wildman–Crippen LogP) is 2.94. The minimum Gasteiger partial charge on any atom is -0.313 e. The molecule has 2 nitrogen and oxygen atoms in total. The van der Waals surface area contributed by atoms with Crippen molar-refractivity contribution in [3.05, 3.63) is 34.9 Å². The lowest BCUT2D eigenvalue weighted by atomic mass is 9.88. The Bertz CT molecular complexity index is 330. The van der Waals surface area contributed by atoms with Gasteiger partial charge in [-0.05, 0) is 52.7 Å². The minimum absolute atomic E-state index is 0.0112. The molecule has 0 saturated heterocycles. The maximum atomic E-state index is 5.91. The highest BCUT2D eigenvalue weighted by Crippen LogP contribution is 2.30. The molecule has 0 aliphatic rings. The third-order valence-electron chi connectivity index (χ3n) is 3.03. The van der Waals surface area contributed by atoms with Crippen molar-refractivity contribution in [2.24, 2.45) is 0 Å². The molecule has 0 aliphatic heterocycles. The van der Waals surface area contributed by atoms with Gasteiger partial charge in [-0.1, -0.05) is 23.7 Å². The zero-order valence-corrected chi connectivity index (χ0v) is 11.5. The van der Waals surface area contributed by atoms with E-state index in [9.17, 15) is 0 Å². The Labute approximate surface area is 104 Å². The fourth-order valence-corrected chi connectivity index (χ4v) is 2.27. The minimum atomic E-state index is 0.0112. The number of likely N-dealkylation sites (N-methyl/N-ethyl adjacent to an activating group) is 2. The predicted molar refractivity (Wildman–Crippen MR) is 71.0 cm³/mol. The number of halogens is 1. The molecule has 16 heavy (non-hydrogen) atoms. The molecule has 1 aromatic carbocycles. The molecule has 1 aromatic rings. The summed E-state index contributed by atoms with van der Waals surface area (Å²) in [5.41, 5.74) is 1.28. The summed E-state index contributed by atoms with van der Waals surface area (Å²) in [4.78, 5) is 2.22. The SMILES string of the molecule is CNC(C)(C)C(c1ccc(Cl)cc1)N(C)C. The first kappa shape index (κ1) is 13.5. The summed E-state index contributed by atoms with van der Waals surface area (Å²) in [7, 11) is 6.18. The van der Waals surface area contributed by atoms with Gasteiger partial charge >= 0.3 is 0 Å². The van der Waals surface area contributed by atoms with Crippen LogP contribution in [0.2, 0.25) is 5.02 Å². The van der Waals surface area contributed by atoms with E-state index in [-0.39, 0.29) is 5.54 Å². The Morgan fingerprint density at radius 2 is 1.69 bits per heavy atom. The van der Waals surface area contributed by atoms with Gasteiger partial charge in [0.2, 0.25) is 0 Å². The van der Waals surface area contributed by atoms with Crippen LogP contribution in [0.3, 0.4) is 0 Å². The van der Waals surface area contributed by atoms with Crippen LogP contribution in [0, 0.1) is 0 Å². The Balaban J connectivity index is 3.08. The standard InChI is InChI=1S/C13H21ClN2/c1-13(2,15-3)12(16(4)5)10-6-8-11(14)9-7-10/h6-9,12,15H,1-5H3. The fraction of sp³-hybridized carbons (Fsp3) is 0.538. The van der Waals surface area contributed by atoms with Crippen LogP contribution in [0.25, 0.3) is 0 Å². The molecule has 1 unspecified atom stereocenters. The molecule has 0 radical (unpaired) electrons. The van der Waals surface area contributed by atoms with E-state index >= 15 is 0 Å². The fourth-order valence-electron chi connectivity index (χ4n) is 2.14. The van der Waals surface area contributed by atoms with E-state index in [1.807, 2.05) is 19.2 Å². The third-order valence-corrected chi connectivity index (χ3v) is 3.28. The van der Waals surface area contributed by atoms with E-state index < -0.39 is 0 Å². The van der Waals surface area contributed by atoms with Gasteiger partial charge in [-0.3, -0.25) is 0 Å². The number of nitrogens with one attached hydrogen (secondary N) is 1. The normalized spacial score (nSPS) is 14.2. The highest BCUT2D eigenvalue weighted by atomic mass is 35.5. The van der Waals surface area contributed by atoms with Crippen LogP contribution in [0.5, 0.6) is 0 Å². The van der Waals surface area contributed by atoms with E-state index in [0.717, 1.165) is 5.02 Å². The Hall–Kier alpha value is -0.570. The number of rotatable bonds is 4. The lowest BCUT2D eigenvalue weighted by Gasteiger charge is -2.39. The quantitative estimate of drug-likeness (QED) is 0.871. The third kappa shape index (κ3) is 2.97. The molecule has 0 aliphatic carbocycles. The van der Waals surface area contributed by atoms with Gasteiger partial charge in [-0.15, -0.1) is 0 Å². The second kappa shape index (κ2) is 5.17. The smallest absolute Gasteiger partial charge is 0.0519 e. The van der Waals surface area contributed by atoms with Crippen molar-refractivity contribution in [2.75, 3.05) is 21.1 Å². The van der Waals surface area contributed by atoms with E-state index in [2.05, 4.69) is 50.3 Å². The Kier molecular flexibility index (Phi) is 4.36. The van der Waals surface area contributed by atoms with Crippen molar-refractivity contribution in [1.29, 1.82) is 0 Å². The van der Waals surface area contributed by atoms with Gasteiger partial charge in [0, 0.05) is 10.6 Å². The van der Waals surface area contributed by atoms with Crippen LogP contribution in [0.1, 0.15) is 25.5 Å². The lowest BCUT2D eigenvalue weighted by molar-refractivity contribution is 0.177. The second-order valence-electron chi connectivity index (χ2n) is 4.89. The van der Waals surface area contributed by atoms with Crippen molar-refractivity contribution in [3.63, 3.8) is 0 Å². The largest absolute Gasteiger partial charge is 0.313 e. The highest BCUT2D eigenvalue weighted by Gasteiger charge is 2.30. The molecular formula is C13H21ClN2. The lowest BCUT2D eigenvalue weighted by Crippen LogP contribution is -2.48. The molecule has 1 N–H and O–H groups in total. The summed E-state index contributed by atoms with van der Waals surface area (Å²) in [6.45, 7) is 4.40. The van der Waals surface area contributed by atoms with Gasteiger partial charge < -0.3 is 10.2 Å². The molecule has 3 heteroatoms. The maximum Gasteiger partial charge on any atom is 0.0519 e. The van der Waals surface area contributed by atoms with Crippen LogP contribution in [0.15, 0.2) is 24.3 Å². The van der Waals surface area contributed by atoms with Crippen molar-refractivity contribution in [2.45, 2.75) is 25.4 Å². The van der Waals surface area contributed by atoms with Gasteiger partial charge in [0.1, 0.15) is 0 Å². The summed E-state index contributed by atoms with van der Waals surface area (Å²) in [6, 6.07) is 8.38. The Morgan fingerprint density at radius 3 is 2.06 bits per heavy atom.